The normalized spacial score (nSPS) is 13.8. The van der Waals surface area contributed by atoms with E-state index in [0.29, 0.717) is 23.7 Å². The number of hydrogen-bond donors (Lipinski definition) is 1. The number of carbonyl (C=O) groups excluding carboxylic acids is 1. The number of pyridine rings is 1. The molecule has 4 rings (SSSR count). The van der Waals surface area contributed by atoms with Crippen LogP contribution in [0.3, 0.4) is 0 Å². The van der Waals surface area contributed by atoms with Gasteiger partial charge in [-0.1, -0.05) is 15.9 Å². The van der Waals surface area contributed by atoms with Crippen LogP contribution in [0.25, 0.3) is 0 Å². The van der Waals surface area contributed by atoms with Crippen LogP contribution in [0.2, 0.25) is 0 Å². The molecule has 5 nitrogen and oxygen atoms in total. The molecule has 0 unspecified atom stereocenters. The topological polar surface area (TPSA) is 54.5 Å². The number of benzene rings is 1. The lowest BCUT2D eigenvalue weighted by atomic mass is 10.1. The van der Waals surface area contributed by atoms with Crippen molar-refractivity contribution in [3.8, 4) is 11.6 Å². The third kappa shape index (κ3) is 4.60. The molecule has 0 spiro atoms. The lowest BCUT2D eigenvalue weighted by Gasteiger charge is -2.26. The quantitative estimate of drug-likeness (QED) is 0.592. The standard InChI is InChI=1S/C21H20BrN3O2S/c22-16-3-5-17(6-4-16)27-21-18(2-1-9-24-21)20(26)23-10-12-25-11-7-19-15(14-25)8-13-28-19/h1-6,8-9,13H,7,10-12,14H2,(H,23,26). The minimum atomic E-state index is -0.173. The number of halogens is 1. The molecule has 1 aliphatic heterocycles. The second-order valence-electron chi connectivity index (χ2n) is 6.56. The lowest BCUT2D eigenvalue weighted by molar-refractivity contribution is 0.0944. The molecule has 7 heteroatoms. The molecule has 0 saturated carbocycles. The Bertz CT molecular complexity index is 958. The molecule has 0 saturated heterocycles. The van der Waals surface area contributed by atoms with Gasteiger partial charge < -0.3 is 10.1 Å². The highest BCUT2D eigenvalue weighted by Crippen LogP contribution is 2.25. The Morgan fingerprint density at radius 3 is 2.96 bits per heavy atom. The zero-order chi connectivity index (χ0) is 19.3. The highest BCUT2D eigenvalue weighted by molar-refractivity contribution is 9.10. The first kappa shape index (κ1) is 19.1. The molecule has 0 atom stereocenters. The van der Waals surface area contributed by atoms with E-state index in [9.17, 15) is 4.79 Å². The monoisotopic (exact) mass is 457 g/mol. The van der Waals surface area contributed by atoms with E-state index in [2.05, 4.69) is 42.6 Å². The second-order valence-corrected chi connectivity index (χ2v) is 8.48. The molecule has 0 bridgehead atoms. The van der Waals surface area contributed by atoms with Gasteiger partial charge >= 0.3 is 0 Å². The lowest BCUT2D eigenvalue weighted by Crippen LogP contribution is -2.37. The highest BCUT2D eigenvalue weighted by atomic mass is 79.9. The van der Waals surface area contributed by atoms with E-state index in [1.165, 1.54) is 10.4 Å². The van der Waals surface area contributed by atoms with E-state index >= 15 is 0 Å². The van der Waals surface area contributed by atoms with Gasteiger partial charge in [-0.2, -0.15) is 0 Å². The Morgan fingerprint density at radius 2 is 2.11 bits per heavy atom. The summed E-state index contributed by atoms with van der Waals surface area (Å²) < 4.78 is 6.77. The number of hydrogen-bond acceptors (Lipinski definition) is 5. The zero-order valence-corrected chi connectivity index (χ0v) is 17.6. The molecular weight excluding hydrogens is 438 g/mol. The highest BCUT2D eigenvalue weighted by Gasteiger charge is 2.18. The van der Waals surface area contributed by atoms with E-state index in [-0.39, 0.29) is 5.91 Å². The zero-order valence-electron chi connectivity index (χ0n) is 15.2. The van der Waals surface area contributed by atoms with Crippen molar-refractivity contribution in [2.45, 2.75) is 13.0 Å². The van der Waals surface area contributed by atoms with E-state index in [4.69, 9.17) is 4.74 Å². The van der Waals surface area contributed by atoms with Gasteiger partial charge in [-0.15, -0.1) is 11.3 Å². The van der Waals surface area contributed by atoms with Crippen LogP contribution < -0.4 is 10.1 Å². The van der Waals surface area contributed by atoms with Crippen LogP contribution in [0.5, 0.6) is 11.6 Å². The number of thiophene rings is 1. The molecule has 1 aliphatic rings. The summed E-state index contributed by atoms with van der Waals surface area (Å²) in [6.45, 7) is 3.41. The van der Waals surface area contributed by atoms with Gasteiger partial charge in [0.2, 0.25) is 5.88 Å². The van der Waals surface area contributed by atoms with Crippen molar-refractivity contribution in [1.82, 2.24) is 15.2 Å². The van der Waals surface area contributed by atoms with Crippen LogP contribution in [0.15, 0.2) is 58.5 Å². The summed E-state index contributed by atoms with van der Waals surface area (Å²) in [4.78, 5) is 20.7. The fourth-order valence-corrected chi connectivity index (χ4v) is 4.33. The van der Waals surface area contributed by atoms with E-state index < -0.39 is 0 Å². The molecule has 0 fully saturated rings. The van der Waals surface area contributed by atoms with Crippen LogP contribution in [0.4, 0.5) is 0 Å². The average Bonchev–Trinajstić information content (AvgIpc) is 3.18. The first-order chi connectivity index (χ1) is 13.7. The predicted octanol–water partition coefficient (Wildman–Crippen LogP) is 4.49. The predicted molar refractivity (Wildman–Crippen MR) is 114 cm³/mol. The van der Waals surface area contributed by atoms with Crippen molar-refractivity contribution >= 4 is 33.2 Å². The molecule has 3 heterocycles. The Kier molecular flexibility index (Phi) is 6.04. The van der Waals surface area contributed by atoms with Crippen LogP contribution in [-0.2, 0) is 13.0 Å². The smallest absolute Gasteiger partial charge is 0.256 e. The maximum atomic E-state index is 12.7. The van der Waals surface area contributed by atoms with Gasteiger partial charge in [0.15, 0.2) is 0 Å². The third-order valence-electron chi connectivity index (χ3n) is 4.64. The number of amides is 1. The molecule has 3 aromatic rings. The van der Waals surface area contributed by atoms with Gasteiger partial charge in [0.1, 0.15) is 11.3 Å². The largest absolute Gasteiger partial charge is 0.438 e. The van der Waals surface area contributed by atoms with Crippen molar-refractivity contribution in [2.24, 2.45) is 0 Å². The van der Waals surface area contributed by atoms with Gasteiger partial charge in [-0.25, -0.2) is 4.98 Å². The van der Waals surface area contributed by atoms with Crippen LogP contribution >= 0.6 is 27.3 Å². The number of rotatable bonds is 6. The van der Waals surface area contributed by atoms with E-state index in [1.54, 1.807) is 18.3 Å². The minimum Gasteiger partial charge on any atom is -0.438 e. The Morgan fingerprint density at radius 1 is 1.25 bits per heavy atom. The summed E-state index contributed by atoms with van der Waals surface area (Å²) in [6.07, 6.45) is 2.71. The molecule has 0 radical (unpaired) electrons. The molecule has 144 valence electrons. The van der Waals surface area contributed by atoms with Crippen molar-refractivity contribution in [2.75, 3.05) is 19.6 Å². The van der Waals surface area contributed by atoms with Crippen LogP contribution in [-0.4, -0.2) is 35.4 Å². The number of aromatic nitrogens is 1. The molecule has 28 heavy (non-hydrogen) atoms. The number of carbonyl (C=O) groups is 1. The third-order valence-corrected chi connectivity index (χ3v) is 6.20. The average molecular weight is 458 g/mol. The molecular formula is C21H20BrN3O2S. The molecule has 2 aromatic heterocycles. The van der Waals surface area contributed by atoms with Crippen LogP contribution in [0, 0.1) is 0 Å². The van der Waals surface area contributed by atoms with Crippen molar-refractivity contribution in [1.29, 1.82) is 0 Å². The summed E-state index contributed by atoms with van der Waals surface area (Å²) in [6, 6.07) is 13.1. The summed E-state index contributed by atoms with van der Waals surface area (Å²) in [5.41, 5.74) is 1.85. The first-order valence-corrected chi connectivity index (χ1v) is 10.8. The first-order valence-electron chi connectivity index (χ1n) is 9.13. The molecule has 0 aliphatic carbocycles. The van der Waals surface area contributed by atoms with Crippen molar-refractivity contribution in [3.63, 3.8) is 0 Å². The summed E-state index contributed by atoms with van der Waals surface area (Å²) in [7, 11) is 0. The van der Waals surface area contributed by atoms with Crippen LogP contribution in [0.1, 0.15) is 20.8 Å². The van der Waals surface area contributed by atoms with Crippen molar-refractivity contribution < 1.29 is 9.53 Å². The Labute approximate surface area is 176 Å². The minimum absolute atomic E-state index is 0.173. The molecule has 1 amide bonds. The Hall–Kier alpha value is -2.22. The second kappa shape index (κ2) is 8.86. The maximum Gasteiger partial charge on any atom is 0.256 e. The van der Waals surface area contributed by atoms with E-state index in [1.807, 2.05) is 35.6 Å². The van der Waals surface area contributed by atoms with Gasteiger partial charge in [0.05, 0.1) is 0 Å². The van der Waals surface area contributed by atoms with Gasteiger partial charge in [0, 0.05) is 41.7 Å². The molecule has 1 N–H and O–H groups in total. The van der Waals surface area contributed by atoms with Crippen molar-refractivity contribution in [3.05, 3.63) is 74.5 Å². The van der Waals surface area contributed by atoms with Gasteiger partial charge in [-0.3, -0.25) is 9.69 Å². The SMILES string of the molecule is O=C(NCCN1CCc2sccc2C1)c1cccnc1Oc1ccc(Br)cc1. The van der Waals surface area contributed by atoms with E-state index in [0.717, 1.165) is 30.5 Å². The number of nitrogens with one attached hydrogen (secondary N) is 1. The Balaban J connectivity index is 1.34. The van der Waals surface area contributed by atoms with Gasteiger partial charge in [-0.05, 0) is 59.8 Å². The van der Waals surface area contributed by atoms with Gasteiger partial charge in [0.25, 0.3) is 5.91 Å². The number of nitrogens with zero attached hydrogens (tertiary/aromatic N) is 2. The number of fused-ring (bicyclic) bond motifs is 1. The summed E-state index contributed by atoms with van der Waals surface area (Å²) in [5, 5.41) is 5.15. The summed E-state index contributed by atoms with van der Waals surface area (Å²) >= 11 is 5.23. The summed E-state index contributed by atoms with van der Waals surface area (Å²) in [5.74, 6) is 0.771. The maximum absolute atomic E-state index is 12.7. The molecule has 1 aromatic carbocycles. The number of ether oxygens (including phenoxy) is 1. The fraction of sp³-hybridized carbons (Fsp3) is 0.238. The fourth-order valence-electron chi connectivity index (χ4n) is 3.18.